The first-order valence-corrected chi connectivity index (χ1v) is 7.11. The van der Waals surface area contributed by atoms with Crippen molar-refractivity contribution in [3.05, 3.63) is 79.0 Å². The number of rotatable bonds is 3. The Bertz CT molecular complexity index is 817. The Balaban J connectivity index is 2.40. The van der Waals surface area contributed by atoms with E-state index in [0.29, 0.717) is 0 Å². The summed E-state index contributed by atoms with van der Waals surface area (Å²) in [7, 11) is 0. The van der Waals surface area contributed by atoms with Crippen molar-refractivity contribution in [2.45, 2.75) is 13.8 Å². The van der Waals surface area contributed by atoms with Crippen LogP contribution < -0.4 is 0 Å². The van der Waals surface area contributed by atoms with Crippen molar-refractivity contribution in [3.63, 3.8) is 0 Å². The number of aromatic nitrogens is 1. The van der Waals surface area contributed by atoms with Gasteiger partial charge in [0.2, 0.25) is 0 Å². The summed E-state index contributed by atoms with van der Waals surface area (Å²) < 4.78 is 2.24. The van der Waals surface area contributed by atoms with Gasteiger partial charge in [0, 0.05) is 17.3 Å². The Morgan fingerprint density at radius 2 is 1.43 bits per heavy atom. The summed E-state index contributed by atoms with van der Waals surface area (Å²) in [6.45, 7) is 12.4. The lowest BCUT2D eigenvalue weighted by molar-refractivity contribution is 1.11. The molecule has 1 heteroatoms. The van der Waals surface area contributed by atoms with E-state index in [9.17, 15) is 0 Å². The first kappa shape index (κ1) is 13.4. The topological polar surface area (TPSA) is 4.93 Å². The van der Waals surface area contributed by atoms with Crippen LogP contribution >= 0.6 is 0 Å². The summed E-state index contributed by atoms with van der Waals surface area (Å²) in [5.74, 6) is 0. The van der Waals surface area contributed by atoms with E-state index in [-0.39, 0.29) is 0 Å². The van der Waals surface area contributed by atoms with Crippen LogP contribution in [0.1, 0.15) is 25.0 Å². The van der Waals surface area contributed by atoms with Gasteiger partial charge in [0.1, 0.15) is 0 Å². The molecule has 0 radical (unpaired) electrons. The molecular formula is C20H19N. The summed E-state index contributed by atoms with van der Waals surface area (Å²) >= 11 is 0. The van der Waals surface area contributed by atoms with Crippen molar-refractivity contribution in [3.8, 4) is 5.69 Å². The second-order valence-electron chi connectivity index (χ2n) is 5.51. The minimum absolute atomic E-state index is 1.06. The molecule has 0 aliphatic heterocycles. The minimum Gasteiger partial charge on any atom is -0.315 e. The van der Waals surface area contributed by atoms with Gasteiger partial charge in [-0.3, -0.25) is 0 Å². The van der Waals surface area contributed by atoms with Gasteiger partial charge in [-0.1, -0.05) is 49.6 Å². The van der Waals surface area contributed by atoms with Crippen molar-refractivity contribution in [1.82, 2.24) is 4.57 Å². The smallest absolute Gasteiger partial charge is 0.0605 e. The molecule has 3 aromatic rings. The normalized spacial score (nSPS) is 10.8. The van der Waals surface area contributed by atoms with Gasteiger partial charge in [0.15, 0.2) is 0 Å². The molecule has 104 valence electrons. The second-order valence-corrected chi connectivity index (χ2v) is 5.51. The first-order valence-electron chi connectivity index (χ1n) is 7.11. The lowest BCUT2D eigenvalue weighted by Gasteiger charge is -2.17. The van der Waals surface area contributed by atoms with E-state index in [4.69, 9.17) is 0 Å². The third-order valence-corrected chi connectivity index (χ3v) is 3.80. The van der Waals surface area contributed by atoms with Gasteiger partial charge in [0.05, 0.1) is 11.2 Å². The number of hydrogen-bond donors (Lipinski definition) is 0. The molecule has 0 aliphatic carbocycles. The molecule has 0 atom stereocenters. The first-order chi connectivity index (χ1) is 10.1. The van der Waals surface area contributed by atoms with Crippen LogP contribution in [-0.4, -0.2) is 4.57 Å². The van der Waals surface area contributed by atoms with Gasteiger partial charge in [-0.25, -0.2) is 0 Å². The Kier molecular flexibility index (Phi) is 3.26. The molecule has 1 aromatic heterocycles. The van der Waals surface area contributed by atoms with E-state index in [2.05, 4.69) is 72.5 Å². The summed E-state index contributed by atoms with van der Waals surface area (Å²) in [6, 6.07) is 16.9. The zero-order valence-corrected chi connectivity index (χ0v) is 12.6. The molecule has 0 saturated heterocycles. The van der Waals surface area contributed by atoms with E-state index in [1.807, 2.05) is 13.8 Å². The van der Waals surface area contributed by atoms with E-state index in [1.54, 1.807) is 0 Å². The summed E-state index contributed by atoms with van der Waals surface area (Å²) in [5, 5.41) is 1.24. The molecule has 0 fully saturated rings. The molecule has 0 N–H and O–H groups in total. The summed E-state index contributed by atoms with van der Waals surface area (Å²) in [4.78, 5) is 0. The van der Waals surface area contributed by atoms with Crippen LogP contribution in [0.25, 0.3) is 27.7 Å². The Morgan fingerprint density at radius 1 is 0.810 bits per heavy atom. The maximum absolute atomic E-state index is 4.13. The van der Waals surface area contributed by atoms with Crippen molar-refractivity contribution < 1.29 is 0 Å². The molecule has 2 aromatic carbocycles. The van der Waals surface area contributed by atoms with Crippen LogP contribution in [-0.2, 0) is 0 Å². The molecule has 1 nitrogen and oxygen atoms in total. The van der Waals surface area contributed by atoms with Crippen LogP contribution in [0.3, 0.4) is 0 Å². The van der Waals surface area contributed by atoms with E-state index in [0.717, 1.165) is 22.3 Å². The molecule has 0 bridgehead atoms. The maximum atomic E-state index is 4.13. The highest BCUT2D eigenvalue weighted by molar-refractivity contribution is 5.87. The van der Waals surface area contributed by atoms with Crippen LogP contribution in [0, 0.1) is 0 Å². The number of para-hydroxylation sites is 2. The molecule has 21 heavy (non-hydrogen) atoms. The van der Waals surface area contributed by atoms with Crippen LogP contribution in [0.4, 0.5) is 0 Å². The fourth-order valence-electron chi connectivity index (χ4n) is 2.77. The lowest BCUT2D eigenvalue weighted by atomic mass is 9.98. The highest BCUT2D eigenvalue weighted by Crippen LogP contribution is 2.32. The fraction of sp³-hybridized carbons (Fsp3) is 0.100. The van der Waals surface area contributed by atoms with E-state index in [1.165, 1.54) is 16.6 Å². The number of hydrogen-bond acceptors (Lipinski definition) is 0. The van der Waals surface area contributed by atoms with Crippen LogP contribution in [0.5, 0.6) is 0 Å². The van der Waals surface area contributed by atoms with Crippen LogP contribution in [0.15, 0.2) is 67.9 Å². The van der Waals surface area contributed by atoms with E-state index < -0.39 is 0 Å². The molecule has 3 rings (SSSR count). The van der Waals surface area contributed by atoms with Gasteiger partial charge in [0.25, 0.3) is 0 Å². The molecule has 1 heterocycles. The summed E-state index contributed by atoms with van der Waals surface area (Å²) in [6.07, 6.45) is 2.12. The molecule has 0 amide bonds. The van der Waals surface area contributed by atoms with Crippen LogP contribution in [0.2, 0.25) is 0 Å². The van der Waals surface area contributed by atoms with E-state index >= 15 is 0 Å². The van der Waals surface area contributed by atoms with Gasteiger partial charge < -0.3 is 4.57 Å². The number of nitrogens with zero attached hydrogens (tertiary/aromatic N) is 1. The highest BCUT2D eigenvalue weighted by Gasteiger charge is 2.13. The average Bonchev–Trinajstić information content (AvgIpc) is 2.90. The van der Waals surface area contributed by atoms with Crippen molar-refractivity contribution >= 4 is 22.0 Å². The number of fused-ring (bicyclic) bond motifs is 1. The molecule has 0 aliphatic rings. The summed E-state index contributed by atoms with van der Waals surface area (Å²) in [5.41, 5.74) is 6.82. The number of allylic oxidation sites excluding steroid dienone is 2. The number of benzene rings is 2. The largest absolute Gasteiger partial charge is 0.315 e. The van der Waals surface area contributed by atoms with Gasteiger partial charge >= 0.3 is 0 Å². The van der Waals surface area contributed by atoms with Crippen molar-refractivity contribution in [2.75, 3.05) is 0 Å². The third kappa shape index (κ3) is 2.21. The zero-order valence-electron chi connectivity index (χ0n) is 12.6. The third-order valence-electron chi connectivity index (χ3n) is 3.80. The van der Waals surface area contributed by atoms with Gasteiger partial charge in [-0.15, -0.1) is 0 Å². The Morgan fingerprint density at radius 3 is 2.05 bits per heavy atom. The zero-order chi connectivity index (χ0) is 15.0. The highest BCUT2D eigenvalue weighted by atomic mass is 15.0. The van der Waals surface area contributed by atoms with Gasteiger partial charge in [-0.05, 0) is 42.5 Å². The fourth-order valence-corrected chi connectivity index (χ4v) is 2.77. The second kappa shape index (κ2) is 5.10. The minimum atomic E-state index is 1.06. The lowest BCUT2D eigenvalue weighted by Crippen LogP contribution is -2.01. The van der Waals surface area contributed by atoms with Crippen molar-refractivity contribution in [1.29, 1.82) is 0 Å². The molecular weight excluding hydrogens is 254 g/mol. The molecule has 0 spiro atoms. The molecule has 0 unspecified atom stereocenters. The maximum Gasteiger partial charge on any atom is 0.0605 e. The predicted octanol–water partition coefficient (Wildman–Crippen LogP) is 5.70. The van der Waals surface area contributed by atoms with Gasteiger partial charge in [-0.2, -0.15) is 0 Å². The Labute approximate surface area is 125 Å². The average molecular weight is 273 g/mol. The quantitative estimate of drug-likeness (QED) is 0.577. The SMILES string of the molecule is C=C(C)c1cccc(C(=C)C)c1-n1ccc2ccccc21. The van der Waals surface area contributed by atoms with Crippen molar-refractivity contribution in [2.24, 2.45) is 0 Å². The molecule has 0 saturated carbocycles. The predicted molar refractivity (Wildman–Crippen MR) is 92.7 cm³/mol. The standard InChI is InChI=1S/C20H19N/c1-14(2)17-9-7-10-18(15(3)4)20(17)21-13-12-16-8-5-6-11-19(16)21/h5-13H,1,3H2,2,4H3. The monoisotopic (exact) mass is 273 g/mol. The Hall–Kier alpha value is -2.54.